The number of nitrogens with one attached hydrogen (secondary N) is 2. The van der Waals surface area contributed by atoms with Gasteiger partial charge in [0.25, 0.3) is 5.91 Å². The van der Waals surface area contributed by atoms with Gasteiger partial charge >= 0.3 is 0 Å². The van der Waals surface area contributed by atoms with Crippen LogP contribution in [0.1, 0.15) is 52.8 Å². The first-order valence-electron chi connectivity index (χ1n) is 6.24. The minimum absolute atomic E-state index is 0.123. The van der Waals surface area contributed by atoms with Gasteiger partial charge in [0.15, 0.2) is 5.76 Å². The Morgan fingerprint density at radius 3 is 2.79 bits per heavy atom. The standard InChI is InChI=1S/C13H18N4O2/c1-7(2)12-11(9(4)17-19-12)13(18)14-5-10-6-15-16-8(10)3/h6-7H,5H2,1-4H3,(H,14,18)(H,15,16). The van der Waals surface area contributed by atoms with Gasteiger partial charge in [0.2, 0.25) is 0 Å². The lowest BCUT2D eigenvalue weighted by atomic mass is 10.0. The van der Waals surface area contributed by atoms with Gasteiger partial charge in [0.1, 0.15) is 5.56 Å². The Balaban J connectivity index is 2.12. The van der Waals surface area contributed by atoms with Crippen LogP contribution in [0, 0.1) is 13.8 Å². The Labute approximate surface area is 111 Å². The Hall–Kier alpha value is -2.11. The van der Waals surface area contributed by atoms with Gasteiger partial charge in [-0.1, -0.05) is 19.0 Å². The van der Waals surface area contributed by atoms with E-state index in [1.54, 1.807) is 13.1 Å². The number of aromatic nitrogens is 3. The van der Waals surface area contributed by atoms with Crippen LogP contribution in [0.25, 0.3) is 0 Å². The molecule has 2 aromatic rings. The van der Waals surface area contributed by atoms with Crippen molar-refractivity contribution in [2.75, 3.05) is 0 Å². The van der Waals surface area contributed by atoms with Crippen molar-refractivity contribution < 1.29 is 9.32 Å². The highest BCUT2D eigenvalue weighted by Gasteiger charge is 2.22. The van der Waals surface area contributed by atoms with Crippen molar-refractivity contribution in [3.05, 3.63) is 34.5 Å². The van der Waals surface area contributed by atoms with Gasteiger partial charge in [-0.25, -0.2) is 0 Å². The third-order valence-corrected chi connectivity index (χ3v) is 3.01. The predicted molar refractivity (Wildman–Crippen MR) is 69.8 cm³/mol. The lowest BCUT2D eigenvalue weighted by Gasteiger charge is -2.06. The van der Waals surface area contributed by atoms with Gasteiger partial charge < -0.3 is 9.84 Å². The minimum atomic E-state index is -0.164. The monoisotopic (exact) mass is 262 g/mol. The number of carbonyl (C=O) groups is 1. The number of hydrogen-bond donors (Lipinski definition) is 2. The second-order valence-electron chi connectivity index (χ2n) is 4.86. The zero-order valence-corrected chi connectivity index (χ0v) is 11.6. The van der Waals surface area contributed by atoms with Crippen LogP contribution < -0.4 is 5.32 Å². The van der Waals surface area contributed by atoms with Crippen LogP contribution in [-0.4, -0.2) is 21.3 Å². The summed E-state index contributed by atoms with van der Waals surface area (Å²) in [7, 11) is 0. The van der Waals surface area contributed by atoms with E-state index in [2.05, 4.69) is 20.7 Å². The highest BCUT2D eigenvalue weighted by molar-refractivity contribution is 5.96. The summed E-state index contributed by atoms with van der Waals surface area (Å²) in [6, 6.07) is 0. The van der Waals surface area contributed by atoms with Crippen LogP contribution in [0.4, 0.5) is 0 Å². The normalized spacial score (nSPS) is 11.0. The minimum Gasteiger partial charge on any atom is -0.360 e. The largest absolute Gasteiger partial charge is 0.360 e. The Bertz CT molecular complexity index is 583. The molecule has 0 aliphatic carbocycles. The highest BCUT2D eigenvalue weighted by Crippen LogP contribution is 2.22. The number of H-pyrrole nitrogens is 1. The first-order valence-corrected chi connectivity index (χ1v) is 6.24. The second-order valence-corrected chi connectivity index (χ2v) is 4.86. The van der Waals surface area contributed by atoms with Crippen molar-refractivity contribution in [1.82, 2.24) is 20.7 Å². The zero-order valence-electron chi connectivity index (χ0n) is 11.6. The van der Waals surface area contributed by atoms with Gasteiger partial charge in [-0.15, -0.1) is 0 Å². The average molecular weight is 262 g/mol. The molecule has 2 aromatic heterocycles. The average Bonchev–Trinajstić information content (AvgIpc) is 2.92. The number of carbonyl (C=O) groups excluding carboxylic acids is 1. The molecule has 0 fully saturated rings. The molecule has 0 unspecified atom stereocenters. The molecule has 2 rings (SSSR count). The molecule has 0 atom stereocenters. The maximum absolute atomic E-state index is 12.2. The molecule has 0 saturated carbocycles. The van der Waals surface area contributed by atoms with Crippen molar-refractivity contribution in [1.29, 1.82) is 0 Å². The van der Waals surface area contributed by atoms with E-state index >= 15 is 0 Å². The number of amides is 1. The molecule has 0 aromatic carbocycles. The molecule has 0 radical (unpaired) electrons. The first-order chi connectivity index (χ1) is 9.00. The third kappa shape index (κ3) is 2.67. The second kappa shape index (κ2) is 5.26. The SMILES string of the molecule is Cc1noc(C(C)C)c1C(=O)NCc1cn[nH]c1C. The molecule has 2 heterocycles. The predicted octanol–water partition coefficient (Wildman–Crippen LogP) is 2.07. The van der Waals surface area contributed by atoms with E-state index in [1.165, 1.54) is 0 Å². The summed E-state index contributed by atoms with van der Waals surface area (Å²) in [5.41, 5.74) is 3.07. The van der Waals surface area contributed by atoms with E-state index in [1.807, 2.05) is 20.8 Å². The topological polar surface area (TPSA) is 83.8 Å². The van der Waals surface area contributed by atoms with Crippen LogP contribution >= 0.6 is 0 Å². The Kier molecular flexibility index (Phi) is 3.69. The molecular weight excluding hydrogens is 244 g/mol. The van der Waals surface area contributed by atoms with Crippen molar-refractivity contribution in [2.45, 2.75) is 40.2 Å². The van der Waals surface area contributed by atoms with Crippen LogP contribution in [0.3, 0.4) is 0 Å². The molecule has 1 amide bonds. The molecule has 0 aliphatic heterocycles. The lowest BCUT2D eigenvalue weighted by Crippen LogP contribution is -2.24. The van der Waals surface area contributed by atoms with Crippen molar-refractivity contribution >= 4 is 5.91 Å². The highest BCUT2D eigenvalue weighted by atomic mass is 16.5. The molecule has 0 saturated heterocycles. The molecule has 102 valence electrons. The molecule has 19 heavy (non-hydrogen) atoms. The van der Waals surface area contributed by atoms with Crippen LogP contribution in [0.2, 0.25) is 0 Å². The maximum atomic E-state index is 12.2. The quantitative estimate of drug-likeness (QED) is 0.883. The maximum Gasteiger partial charge on any atom is 0.257 e. The fraction of sp³-hybridized carbons (Fsp3) is 0.462. The van der Waals surface area contributed by atoms with E-state index < -0.39 is 0 Å². The van der Waals surface area contributed by atoms with Crippen LogP contribution in [0.5, 0.6) is 0 Å². The molecule has 0 bridgehead atoms. The van der Waals surface area contributed by atoms with Crippen molar-refractivity contribution in [3.63, 3.8) is 0 Å². The van der Waals surface area contributed by atoms with E-state index in [4.69, 9.17) is 4.52 Å². The Morgan fingerprint density at radius 2 is 2.21 bits per heavy atom. The zero-order chi connectivity index (χ0) is 14.0. The molecule has 6 heteroatoms. The Morgan fingerprint density at radius 1 is 1.47 bits per heavy atom. The van der Waals surface area contributed by atoms with Gasteiger partial charge in [-0.2, -0.15) is 5.10 Å². The smallest absolute Gasteiger partial charge is 0.257 e. The first kappa shape index (κ1) is 13.3. The van der Waals surface area contributed by atoms with Gasteiger partial charge in [-0.05, 0) is 13.8 Å². The molecule has 2 N–H and O–H groups in total. The third-order valence-electron chi connectivity index (χ3n) is 3.01. The van der Waals surface area contributed by atoms with Gasteiger partial charge in [-0.3, -0.25) is 9.89 Å². The summed E-state index contributed by atoms with van der Waals surface area (Å²) in [6.07, 6.45) is 1.71. The fourth-order valence-corrected chi connectivity index (χ4v) is 1.88. The summed E-state index contributed by atoms with van der Waals surface area (Å²) in [4.78, 5) is 12.2. The molecular formula is C13H18N4O2. The van der Waals surface area contributed by atoms with Gasteiger partial charge in [0.05, 0.1) is 11.9 Å². The summed E-state index contributed by atoms with van der Waals surface area (Å²) in [5, 5.41) is 13.5. The summed E-state index contributed by atoms with van der Waals surface area (Å²) < 4.78 is 5.21. The van der Waals surface area contributed by atoms with E-state index in [0.29, 0.717) is 23.6 Å². The summed E-state index contributed by atoms with van der Waals surface area (Å²) >= 11 is 0. The molecule has 0 spiro atoms. The van der Waals surface area contributed by atoms with Crippen LogP contribution in [-0.2, 0) is 6.54 Å². The van der Waals surface area contributed by atoms with E-state index in [9.17, 15) is 4.79 Å². The molecule has 0 aliphatic rings. The number of aryl methyl sites for hydroxylation is 2. The van der Waals surface area contributed by atoms with Crippen LogP contribution in [0.15, 0.2) is 10.7 Å². The number of rotatable bonds is 4. The number of nitrogens with zero attached hydrogens (tertiary/aromatic N) is 2. The summed E-state index contributed by atoms with van der Waals surface area (Å²) in [5.74, 6) is 0.583. The van der Waals surface area contributed by atoms with E-state index in [-0.39, 0.29) is 11.8 Å². The van der Waals surface area contributed by atoms with Crippen molar-refractivity contribution in [3.8, 4) is 0 Å². The summed E-state index contributed by atoms with van der Waals surface area (Å²) in [6.45, 7) is 8.06. The lowest BCUT2D eigenvalue weighted by molar-refractivity contribution is 0.0948. The number of hydrogen-bond acceptors (Lipinski definition) is 4. The fourth-order valence-electron chi connectivity index (χ4n) is 1.88. The van der Waals surface area contributed by atoms with Crippen molar-refractivity contribution in [2.24, 2.45) is 0 Å². The number of aromatic amines is 1. The van der Waals surface area contributed by atoms with Gasteiger partial charge in [0, 0.05) is 23.7 Å². The van der Waals surface area contributed by atoms with E-state index in [0.717, 1.165) is 11.3 Å². The molecule has 6 nitrogen and oxygen atoms in total.